The largest absolute Gasteiger partial charge is 0.372 e. The molecule has 1 heterocycles. The first-order valence-corrected chi connectivity index (χ1v) is 10.5. The van der Waals surface area contributed by atoms with Crippen LogP contribution >= 0.6 is 23.4 Å². The topological polar surface area (TPSA) is 123 Å². The molecule has 0 aliphatic heterocycles. The summed E-state index contributed by atoms with van der Waals surface area (Å²) in [5.74, 6) is 0. The molecule has 30 heavy (non-hydrogen) atoms. The molecule has 0 atom stereocenters. The van der Waals surface area contributed by atoms with Crippen LogP contribution in [0.3, 0.4) is 0 Å². The van der Waals surface area contributed by atoms with E-state index in [9.17, 15) is 10.1 Å². The molecular formula is C18H19N5O5S2. The molecule has 10 nitrogen and oxygen atoms in total. The molecule has 0 unspecified atom stereocenters. The van der Waals surface area contributed by atoms with Crippen LogP contribution in [0.25, 0.3) is 10.2 Å². The summed E-state index contributed by atoms with van der Waals surface area (Å²) in [6, 6.07) is 8.71. The van der Waals surface area contributed by atoms with Gasteiger partial charge in [0.1, 0.15) is 5.69 Å². The molecule has 3 aromatic rings. The van der Waals surface area contributed by atoms with E-state index in [0.717, 1.165) is 35.5 Å². The van der Waals surface area contributed by atoms with E-state index in [-0.39, 0.29) is 5.69 Å². The standard InChI is InChI=1S/C18H19N5O5S2/c1-4-22(5-2)12-6-7-13(17(9-12)30-28-27-26)20-21-18-19-14-10-15(23(24)25)11(3)8-16(14)29-18/h6-10,26H,4-5H2,1-3H3/b21-20+. The molecule has 2 aromatic carbocycles. The molecule has 1 aromatic heterocycles. The van der Waals surface area contributed by atoms with Gasteiger partial charge in [-0.05, 0) is 45.0 Å². The van der Waals surface area contributed by atoms with Gasteiger partial charge in [-0.1, -0.05) is 16.4 Å². The Morgan fingerprint density at radius 2 is 2.03 bits per heavy atom. The van der Waals surface area contributed by atoms with Crippen LogP contribution < -0.4 is 4.90 Å². The van der Waals surface area contributed by atoms with E-state index in [1.165, 1.54) is 17.4 Å². The Kier molecular flexibility index (Phi) is 7.29. The van der Waals surface area contributed by atoms with E-state index in [0.29, 0.717) is 26.8 Å². The smallest absolute Gasteiger partial charge is 0.274 e. The number of aryl methyl sites for hydroxylation is 1. The van der Waals surface area contributed by atoms with Gasteiger partial charge in [0.2, 0.25) is 5.13 Å². The van der Waals surface area contributed by atoms with Crippen molar-refractivity contribution in [2.45, 2.75) is 25.7 Å². The van der Waals surface area contributed by atoms with E-state index in [2.05, 4.69) is 43.3 Å². The van der Waals surface area contributed by atoms with Crippen LogP contribution in [0.2, 0.25) is 0 Å². The third-order valence-electron chi connectivity index (χ3n) is 4.36. The Hall–Kier alpha value is -2.64. The summed E-state index contributed by atoms with van der Waals surface area (Å²) in [5.41, 5.74) is 2.53. The molecule has 0 saturated heterocycles. The Balaban J connectivity index is 1.93. The molecule has 0 fully saturated rings. The fourth-order valence-corrected chi connectivity index (χ4v) is 4.21. The van der Waals surface area contributed by atoms with Gasteiger partial charge in [-0.15, -0.1) is 14.6 Å². The number of nitrogens with zero attached hydrogens (tertiary/aromatic N) is 5. The van der Waals surface area contributed by atoms with E-state index < -0.39 is 4.92 Å². The first kappa shape index (κ1) is 22.1. The van der Waals surface area contributed by atoms with Crippen LogP contribution in [0.5, 0.6) is 0 Å². The number of aromatic nitrogens is 1. The molecule has 0 aliphatic rings. The zero-order valence-corrected chi connectivity index (χ0v) is 18.1. The highest BCUT2D eigenvalue weighted by molar-refractivity contribution is 7.94. The van der Waals surface area contributed by atoms with Gasteiger partial charge in [0.25, 0.3) is 5.69 Å². The Morgan fingerprint density at radius 1 is 1.27 bits per heavy atom. The fraction of sp³-hybridized carbons (Fsp3) is 0.278. The third-order valence-corrected chi connectivity index (χ3v) is 5.90. The van der Waals surface area contributed by atoms with Crippen molar-refractivity contribution in [3.8, 4) is 0 Å². The van der Waals surface area contributed by atoms with Crippen LogP contribution in [0, 0.1) is 17.0 Å². The summed E-state index contributed by atoms with van der Waals surface area (Å²) < 4.78 is 5.37. The van der Waals surface area contributed by atoms with Crippen molar-refractivity contribution in [2.75, 3.05) is 18.0 Å². The number of hydrogen-bond acceptors (Lipinski definition) is 11. The van der Waals surface area contributed by atoms with E-state index in [4.69, 9.17) is 5.26 Å². The number of rotatable bonds is 9. The van der Waals surface area contributed by atoms with Crippen LogP contribution in [0.15, 0.2) is 45.5 Å². The van der Waals surface area contributed by atoms with Crippen molar-refractivity contribution in [2.24, 2.45) is 10.2 Å². The second kappa shape index (κ2) is 9.91. The van der Waals surface area contributed by atoms with Crippen LogP contribution in [0.4, 0.5) is 22.2 Å². The minimum absolute atomic E-state index is 0.0168. The molecule has 0 bridgehead atoms. The number of fused-ring (bicyclic) bond motifs is 1. The highest BCUT2D eigenvalue weighted by Crippen LogP contribution is 2.37. The number of anilines is 1. The predicted octanol–water partition coefficient (Wildman–Crippen LogP) is 6.20. The second-order valence-corrected chi connectivity index (χ2v) is 7.86. The molecule has 0 spiro atoms. The summed E-state index contributed by atoms with van der Waals surface area (Å²) in [6.45, 7) is 7.45. The highest BCUT2D eigenvalue weighted by atomic mass is 32.2. The van der Waals surface area contributed by atoms with Crippen molar-refractivity contribution >= 4 is 55.8 Å². The fourth-order valence-electron chi connectivity index (χ4n) is 2.88. The molecule has 12 heteroatoms. The lowest BCUT2D eigenvalue weighted by atomic mass is 10.2. The maximum absolute atomic E-state index is 11.1. The zero-order chi connectivity index (χ0) is 21.7. The Morgan fingerprint density at radius 3 is 2.70 bits per heavy atom. The van der Waals surface area contributed by atoms with Crippen molar-refractivity contribution in [3.05, 3.63) is 46.0 Å². The van der Waals surface area contributed by atoms with Gasteiger partial charge < -0.3 is 4.90 Å². The van der Waals surface area contributed by atoms with Gasteiger partial charge in [-0.2, -0.15) is 0 Å². The van der Waals surface area contributed by atoms with Gasteiger partial charge in [0.05, 0.1) is 32.1 Å². The Labute approximate surface area is 180 Å². The molecule has 0 radical (unpaired) electrons. The number of nitro groups is 1. The number of nitro benzene ring substituents is 1. The molecule has 1 N–H and O–H groups in total. The van der Waals surface area contributed by atoms with Crippen LogP contribution in [-0.4, -0.2) is 28.3 Å². The van der Waals surface area contributed by atoms with Gasteiger partial charge in [-0.3, -0.25) is 10.1 Å². The Bertz CT molecular complexity index is 1080. The predicted molar refractivity (Wildman–Crippen MR) is 116 cm³/mol. The summed E-state index contributed by atoms with van der Waals surface area (Å²) in [4.78, 5) is 17.7. The van der Waals surface area contributed by atoms with Gasteiger partial charge in [0, 0.05) is 30.4 Å². The summed E-state index contributed by atoms with van der Waals surface area (Å²) >= 11 is 2.09. The lowest BCUT2D eigenvalue weighted by Gasteiger charge is -2.21. The number of thiazole rings is 1. The van der Waals surface area contributed by atoms with E-state index in [1.807, 2.05) is 12.1 Å². The van der Waals surface area contributed by atoms with E-state index >= 15 is 0 Å². The number of hydrogen-bond donors (Lipinski definition) is 1. The number of benzene rings is 2. The van der Waals surface area contributed by atoms with Crippen LogP contribution in [-0.2, 0) is 9.37 Å². The SMILES string of the molecule is CCN(CC)c1ccc(/N=N/c2nc3cc([N+](=O)[O-])c(C)cc3s2)c(SOOO)c1. The summed E-state index contributed by atoms with van der Waals surface area (Å²) in [6.07, 6.45) is 0. The maximum Gasteiger partial charge on any atom is 0.274 e. The van der Waals surface area contributed by atoms with Gasteiger partial charge in [0.15, 0.2) is 0 Å². The quantitative estimate of drug-likeness (QED) is 0.135. The van der Waals surface area contributed by atoms with Gasteiger partial charge in [-0.25, -0.2) is 10.2 Å². The molecule has 0 saturated carbocycles. The lowest BCUT2D eigenvalue weighted by molar-refractivity contribution is -0.432. The minimum atomic E-state index is -0.431. The van der Waals surface area contributed by atoms with Gasteiger partial charge >= 0.3 is 0 Å². The normalized spacial score (nSPS) is 11.5. The highest BCUT2D eigenvalue weighted by Gasteiger charge is 2.15. The second-order valence-electron chi connectivity index (χ2n) is 6.11. The molecule has 158 valence electrons. The lowest BCUT2D eigenvalue weighted by Crippen LogP contribution is -2.21. The first-order valence-electron chi connectivity index (χ1n) is 8.97. The monoisotopic (exact) mass is 449 g/mol. The third kappa shape index (κ3) is 4.91. The minimum Gasteiger partial charge on any atom is -0.372 e. The van der Waals surface area contributed by atoms with Crippen molar-refractivity contribution in [1.29, 1.82) is 0 Å². The molecule has 0 aliphatic carbocycles. The first-order chi connectivity index (χ1) is 14.5. The van der Waals surface area contributed by atoms with Crippen molar-refractivity contribution in [1.82, 2.24) is 4.98 Å². The van der Waals surface area contributed by atoms with Crippen LogP contribution in [0.1, 0.15) is 19.4 Å². The summed E-state index contributed by atoms with van der Waals surface area (Å²) in [5, 5.41) is 32.1. The van der Waals surface area contributed by atoms with Crippen molar-refractivity contribution in [3.63, 3.8) is 0 Å². The van der Waals surface area contributed by atoms with E-state index in [1.54, 1.807) is 19.1 Å². The zero-order valence-electron chi connectivity index (χ0n) is 16.4. The average Bonchev–Trinajstić information content (AvgIpc) is 3.13. The summed E-state index contributed by atoms with van der Waals surface area (Å²) in [7, 11) is 0. The molecule has 0 amide bonds. The molecule has 3 rings (SSSR count). The average molecular weight is 450 g/mol. The van der Waals surface area contributed by atoms with Crippen molar-refractivity contribution < 1.29 is 19.6 Å². The number of azo groups is 1. The molecular weight excluding hydrogens is 430 g/mol. The maximum atomic E-state index is 11.1.